The number of piperidine rings is 1. The summed E-state index contributed by atoms with van der Waals surface area (Å²) in [5.41, 5.74) is 1.28. The lowest BCUT2D eigenvalue weighted by atomic mass is 9.98. The number of furan rings is 1. The fraction of sp³-hybridized carbons (Fsp3) is 0.333. The van der Waals surface area contributed by atoms with Crippen molar-refractivity contribution in [2.24, 2.45) is 5.92 Å². The highest BCUT2D eigenvalue weighted by atomic mass is 16.3. The zero-order chi connectivity index (χ0) is 16.2. The number of carbonyl (C=O) groups is 2. The average Bonchev–Trinajstić information content (AvgIpc) is 3.10. The molecule has 5 nitrogen and oxygen atoms in total. The van der Waals surface area contributed by atoms with Crippen molar-refractivity contribution < 1.29 is 14.0 Å². The first kappa shape index (κ1) is 15.3. The Kier molecular flexibility index (Phi) is 4.46. The molecule has 1 N–H and O–H groups in total. The van der Waals surface area contributed by atoms with Gasteiger partial charge in [0.25, 0.3) is 11.8 Å². The van der Waals surface area contributed by atoms with Gasteiger partial charge in [0.15, 0.2) is 5.76 Å². The third kappa shape index (κ3) is 3.62. The van der Waals surface area contributed by atoms with Crippen LogP contribution in [0.5, 0.6) is 0 Å². The van der Waals surface area contributed by atoms with Crippen LogP contribution < -0.4 is 5.32 Å². The first-order valence-corrected chi connectivity index (χ1v) is 7.87. The van der Waals surface area contributed by atoms with E-state index in [-0.39, 0.29) is 17.6 Å². The number of likely N-dealkylation sites (tertiary alicyclic amines) is 1. The van der Waals surface area contributed by atoms with Crippen molar-refractivity contribution in [3.8, 4) is 0 Å². The Labute approximate surface area is 135 Å². The molecule has 1 aliphatic rings. The van der Waals surface area contributed by atoms with Crippen molar-refractivity contribution in [3.05, 3.63) is 54.0 Å². The summed E-state index contributed by atoms with van der Waals surface area (Å²) in [6.07, 6.45) is 3.57. The predicted octanol–water partition coefficient (Wildman–Crippen LogP) is 3.40. The Bertz CT molecular complexity index is 669. The predicted molar refractivity (Wildman–Crippen MR) is 87.4 cm³/mol. The third-order valence-corrected chi connectivity index (χ3v) is 4.21. The van der Waals surface area contributed by atoms with Crippen LogP contribution in [0.3, 0.4) is 0 Å². The Morgan fingerprint density at radius 1 is 1.13 bits per heavy atom. The highest BCUT2D eigenvalue weighted by Crippen LogP contribution is 2.19. The van der Waals surface area contributed by atoms with Crippen molar-refractivity contribution in [2.45, 2.75) is 19.8 Å². The summed E-state index contributed by atoms with van der Waals surface area (Å²) in [4.78, 5) is 26.2. The molecule has 1 aromatic heterocycles. The first-order valence-electron chi connectivity index (χ1n) is 7.87. The van der Waals surface area contributed by atoms with Gasteiger partial charge in [-0.15, -0.1) is 0 Å². The van der Waals surface area contributed by atoms with Crippen molar-refractivity contribution in [3.63, 3.8) is 0 Å². The fourth-order valence-electron chi connectivity index (χ4n) is 2.69. The highest BCUT2D eigenvalue weighted by molar-refractivity contribution is 6.02. The minimum absolute atomic E-state index is 0.0563. The van der Waals surface area contributed by atoms with E-state index < -0.39 is 0 Å². The van der Waals surface area contributed by atoms with E-state index in [0.717, 1.165) is 25.9 Å². The van der Waals surface area contributed by atoms with Crippen LogP contribution in [0.4, 0.5) is 5.69 Å². The van der Waals surface area contributed by atoms with Crippen molar-refractivity contribution in [1.82, 2.24) is 4.90 Å². The minimum Gasteiger partial charge on any atom is -0.459 e. The van der Waals surface area contributed by atoms with Gasteiger partial charge in [0.1, 0.15) is 0 Å². The van der Waals surface area contributed by atoms with Gasteiger partial charge in [0, 0.05) is 24.3 Å². The molecule has 0 radical (unpaired) electrons. The maximum absolute atomic E-state index is 12.5. The van der Waals surface area contributed by atoms with Crippen LogP contribution in [0.15, 0.2) is 47.1 Å². The zero-order valence-electron chi connectivity index (χ0n) is 13.1. The molecular formula is C18H20N2O3. The molecule has 1 aliphatic heterocycles. The Morgan fingerprint density at radius 3 is 2.43 bits per heavy atom. The second-order valence-electron chi connectivity index (χ2n) is 5.98. The van der Waals surface area contributed by atoms with E-state index in [4.69, 9.17) is 4.42 Å². The number of rotatable bonds is 3. The number of carbonyl (C=O) groups excluding carboxylic acids is 2. The molecule has 0 atom stereocenters. The normalized spacial score (nSPS) is 15.4. The molecule has 23 heavy (non-hydrogen) atoms. The van der Waals surface area contributed by atoms with Crippen molar-refractivity contribution >= 4 is 17.5 Å². The molecule has 0 spiro atoms. The quantitative estimate of drug-likeness (QED) is 0.944. The maximum atomic E-state index is 12.5. The van der Waals surface area contributed by atoms with Gasteiger partial charge in [0.2, 0.25) is 0 Å². The molecule has 0 saturated carbocycles. The number of nitrogens with zero attached hydrogens (tertiary/aromatic N) is 1. The smallest absolute Gasteiger partial charge is 0.291 e. The molecule has 120 valence electrons. The zero-order valence-corrected chi connectivity index (χ0v) is 13.1. The molecule has 0 aliphatic carbocycles. The van der Waals surface area contributed by atoms with Gasteiger partial charge in [-0.25, -0.2) is 0 Å². The van der Waals surface area contributed by atoms with E-state index in [2.05, 4.69) is 12.2 Å². The molecule has 1 aromatic carbocycles. The van der Waals surface area contributed by atoms with Crippen LogP contribution >= 0.6 is 0 Å². The number of anilines is 1. The molecule has 2 amide bonds. The van der Waals surface area contributed by atoms with Gasteiger partial charge in [-0.2, -0.15) is 0 Å². The van der Waals surface area contributed by atoms with Crippen LogP contribution in [0.1, 0.15) is 40.7 Å². The van der Waals surface area contributed by atoms with Gasteiger partial charge in [0.05, 0.1) is 6.26 Å². The van der Waals surface area contributed by atoms with E-state index >= 15 is 0 Å². The topological polar surface area (TPSA) is 62.6 Å². The summed E-state index contributed by atoms with van der Waals surface area (Å²) in [7, 11) is 0. The minimum atomic E-state index is -0.306. The molecule has 5 heteroatoms. The molecular weight excluding hydrogens is 292 g/mol. The summed E-state index contributed by atoms with van der Waals surface area (Å²) >= 11 is 0. The third-order valence-electron chi connectivity index (χ3n) is 4.21. The summed E-state index contributed by atoms with van der Waals surface area (Å²) in [5.74, 6) is 0.700. The number of benzene rings is 1. The molecule has 1 fully saturated rings. The summed E-state index contributed by atoms with van der Waals surface area (Å²) in [6, 6.07) is 10.2. The van der Waals surface area contributed by atoms with Gasteiger partial charge in [-0.1, -0.05) is 6.92 Å². The van der Waals surface area contributed by atoms with Gasteiger partial charge >= 0.3 is 0 Å². The summed E-state index contributed by atoms with van der Waals surface area (Å²) < 4.78 is 5.04. The Balaban J connectivity index is 1.62. The van der Waals surface area contributed by atoms with E-state index in [1.165, 1.54) is 6.26 Å². The first-order chi connectivity index (χ1) is 11.1. The van der Waals surface area contributed by atoms with Crippen LogP contribution in [0, 0.1) is 5.92 Å². The van der Waals surface area contributed by atoms with Crippen LogP contribution in [0.2, 0.25) is 0 Å². The Hall–Kier alpha value is -2.56. The SMILES string of the molecule is CC1CCN(C(=O)c2ccc(NC(=O)c3ccco3)cc2)CC1. The van der Waals surface area contributed by atoms with Gasteiger partial charge < -0.3 is 14.6 Å². The number of hydrogen-bond acceptors (Lipinski definition) is 3. The van der Waals surface area contributed by atoms with E-state index in [1.807, 2.05) is 4.90 Å². The molecule has 1 saturated heterocycles. The van der Waals surface area contributed by atoms with Gasteiger partial charge in [-0.3, -0.25) is 9.59 Å². The van der Waals surface area contributed by atoms with Gasteiger partial charge in [-0.05, 0) is 55.2 Å². The van der Waals surface area contributed by atoms with E-state index in [0.29, 0.717) is 17.2 Å². The summed E-state index contributed by atoms with van der Waals surface area (Å²) in [5, 5.41) is 2.74. The Morgan fingerprint density at radius 2 is 1.83 bits per heavy atom. The van der Waals surface area contributed by atoms with Crippen molar-refractivity contribution in [1.29, 1.82) is 0 Å². The number of hydrogen-bond donors (Lipinski definition) is 1. The number of nitrogens with one attached hydrogen (secondary N) is 1. The molecule has 2 heterocycles. The standard InChI is InChI=1S/C18H20N2O3/c1-13-8-10-20(11-9-13)18(22)14-4-6-15(7-5-14)19-17(21)16-3-2-12-23-16/h2-7,12-13H,8-11H2,1H3,(H,19,21). The fourth-order valence-corrected chi connectivity index (χ4v) is 2.69. The summed E-state index contributed by atoms with van der Waals surface area (Å²) in [6.45, 7) is 3.85. The van der Waals surface area contributed by atoms with E-state index in [1.54, 1.807) is 36.4 Å². The molecule has 3 rings (SSSR count). The van der Waals surface area contributed by atoms with Crippen LogP contribution in [-0.2, 0) is 0 Å². The second kappa shape index (κ2) is 6.69. The molecule has 2 aromatic rings. The van der Waals surface area contributed by atoms with Crippen LogP contribution in [0.25, 0.3) is 0 Å². The number of amides is 2. The lowest BCUT2D eigenvalue weighted by Crippen LogP contribution is -2.37. The largest absolute Gasteiger partial charge is 0.459 e. The lowest BCUT2D eigenvalue weighted by molar-refractivity contribution is 0.0697. The molecule has 0 bridgehead atoms. The lowest BCUT2D eigenvalue weighted by Gasteiger charge is -2.30. The average molecular weight is 312 g/mol. The monoisotopic (exact) mass is 312 g/mol. The van der Waals surface area contributed by atoms with E-state index in [9.17, 15) is 9.59 Å². The van der Waals surface area contributed by atoms with Crippen molar-refractivity contribution in [2.75, 3.05) is 18.4 Å². The second-order valence-corrected chi connectivity index (χ2v) is 5.98. The van der Waals surface area contributed by atoms with Crippen LogP contribution in [-0.4, -0.2) is 29.8 Å². The maximum Gasteiger partial charge on any atom is 0.291 e. The highest BCUT2D eigenvalue weighted by Gasteiger charge is 2.21. The molecule has 0 unspecified atom stereocenters.